The van der Waals surface area contributed by atoms with Crippen LogP contribution in [0.25, 0.3) is 0 Å². The maximum atomic E-state index is 1.68. The quantitative estimate of drug-likeness (QED) is 0.515. The Morgan fingerprint density at radius 3 is 1.00 bits per heavy atom. The first kappa shape index (κ1) is 8.46. The van der Waals surface area contributed by atoms with Crippen LogP contribution in [0.15, 0.2) is 0 Å². The van der Waals surface area contributed by atoms with Crippen LogP contribution in [0.2, 0.25) is 0 Å². The van der Waals surface area contributed by atoms with Gasteiger partial charge in [-0.3, -0.25) is 0 Å². The van der Waals surface area contributed by atoms with E-state index in [1.165, 1.54) is 0 Å². The third-order valence-electron chi connectivity index (χ3n) is 3.18. The normalized spacial score (nSPS) is 39.3. The van der Waals surface area contributed by atoms with Crippen molar-refractivity contribution in [2.45, 2.75) is 19.3 Å². The summed E-state index contributed by atoms with van der Waals surface area (Å²) in [6, 6.07) is 0. The average molecular weight is 190 g/mol. The average Bonchev–Trinajstić information content (AvgIpc) is 1.80. The molecule has 3 aliphatic rings. The second-order valence-electron chi connectivity index (χ2n) is 4.06. The molecule has 3 heterocycles. The lowest BCUT2D eigenvalue weighted by Gasteiger charge is -2.20. The lowest BCUT2D eigenvalue weighted by molar-refractivity contribution is 0.958. The Hall–Kier alpha value is 0.860. The molecule has 2 heteroatoms. The summed E-state index contributed by atoms with van der Waals surface area (Å²) in [4.78, 5) is 0. The Bertz CT molecular complexity index is 89.0. The van der Waals surface area contributed by atoms with E-state index in [1.807, 2.05) is 0 Å². The summed E-state index contributed by atoms with van der Waals surface area (Å²) < 4.78 is 0. The zero-order chi connectivity index (χ0) is 7.52. The van der Waals surface area contributed by atoms with Crippen molar-refractivity contribution in [3.8, 4) is 0 Å². The van der Waals surface area contributed by atoms with Gasteiger partial charge in [0.15, 0.2) is 0 Å². The van der Waals surface area contributed by atoms with Crippen LogP contribution in [0.4, 0.5) is 0 Å². The monoisotopic (exact) mass is 190 g/mol. The summed E-state index contributed by atoms with van der Waals surface area (Å²) in [5.41, 5.74) is 0. The van der Waals surface area contributed by atoms with Gasteiger partial charge in [-0.15, -0.1) is 0 Å². The van der Waals surface area contributed by atoms with E-state index in [9.17, 15) is 0 Å². The molecular weight excluding hydrogens is 170 g/mol. The fourth-order valence-corrected chi connectivity index (χ4v) is 9.14. The third-order valence-corrected chi connectivity index (χ3v) is 9.55. The van der Waals surface area contributed by atoms with E-state index >= 15 is 0 Å². The molecule has 3 fully saturated rings. The van der Waals surface area contributed by atoms with Crippen LogP contribution < -0.4 is 0 Å². The topological polar surface area (TPSA) is 0 Å². The molecular formula is C9H20P2+2. The highest BCUT2D eigenvalue weighted by atomic mass is 31.1. The molecule has 3 aliphatic heterocycles. The predicted octanol–water partition coefficient (Wildman–Crippen LogP) is 2.61. The Morgan fingerprint density at radius 2 is 0.727 bits per heavy atom. The summed E-state index contributed by atoms with van der Waals surface area (Å²) >= 11 is 0. The summed E-state index contributed by atoms with van der Waals surface area (Å²) in [5, 5.41) is 0. The van der Waals surface area contributed by atoms with Gasteiger partial charge in [0.05, 0.1) is 37.0 Å². The third kappa shape index (κ3) is 2.40. The minimum absolute atomic E-state index is 0.196. The highest BCUT2D eigenvalue weighted by Gasteiger charge is 2.28. The van der Waals surface area contributed by atoms with E-state index in [0.717, 1.165) is 0 Å². The van der Waals surface area contributed by atoms with Gasteiger partial charge in [0.1, 0.15) is 0 Å². The number of fused-ring (bicyclic) bond motifs is 6. The van der Waals surface area contributed by atoms with Gasteiger partial charge < -0.3 is 0 Å². The predicted molar refractivity (Wildman–Crippen MR) is 59.7 cm³/mol. The molecule has 0 amide bonds. The molecule has 0 unspecified atom stereocenters. The molecule has 0 nitrogen and oxygen atoms in total. The molecule has 0 aliphatic carbocycles. The molecule has 11 heavy (non-hydrogen) atoms. The Labute approximate surface area is 72.6 Å². The molecule has 0 spiro atoms. The Kier molecular flexibility index (Phi) is 3.23. The van der Waals surface area contributed by atoms with Gasteiger partial charge in [0.2, 0.25) is 0 Å². The Balaban J connectivity index is 1.96. The zero-order valence-corrected chi connectivity index (χ0v) is 9.36. The first-order chi connectivity index (χ1) is 5.45. The van der Waals surface area contributed by atoms with Gasteiger partial charge >= 0.3 is 0 Å². The smallest absolute Gasteiger partial charge is 0.00114 e. The van der Waals surface area contributed by atoms with Crippen molar-refractivity contribution >= 4 is 15.8 Å². The molecule has 0 radical (unpaired) electrons. The molecule has 2 bridgehead atoms. The molecule has 0 saturated carbocycles. The van der Waals surface area contributed by atoms with Crippen LogP contribution in [0.3, 0.4) is 0 Å². The molecule has 0 atom stereocenters. The lowest BCUT2D eigenvalue weighted by Crippen LogP contribution is -2.10. The van der Waals surface area contributed by atoms with Gasteiger partial charge in [-0.05, 0) is 0 Å². The van der Waals surface area contributed by atoms with Crippen LogP contribution in [0, 0.1) is 0 Å². The van der Waals surface area contributed by atoms with E-state index in [0.29, 0.717) is 0 Å². The van der Waals surface area contributed by atoms with Crippen molar-refractivity contribution in [1.29, 1.82) is 0 Å². The summed E-state index contributed by atoms with van der Waals surface area (Å²) in [7, 11) is 0.393. The molecule has 0 aromatic rings. The first-order valence-electron chi connectivity index (χ1n) is 5.12. The highest BCUT2D eigenvalue weighted by Crippen LogP contribution is 2.50. The van der Waals surface area contributed by atoms with E-state index in [-0.39, 0.29) is 15.8 Å². The fourth-order valence-electron chi connectivity index (χ4n) is 2.52. The first-order valence-corrected chi connectivity index (χ1v) is 9.36. The van der Waals surface area contributed by atoms with Gasteiger partial charge in [0, 0.05) is 35.1 Å². The standard InChI is InChI=1S/C9H18P2/c1-4-10-6-2-7-11(5-1)9-3-8-10/h1-9H2/p+2. The molecule has 0 aromatic carbocycles. The second kappa shape index (κ2) is 4.20. The fraction of sp³-hybridized carbons (Fsp3) is 1.00. The number of hydrogen-bond acceptors (Lipinski definition) is 0. The van der Waals surface area contributed by atoms with Crippen molar-refractivity contribution in [2.24, 2.45) is 0 Å². The van der Waals surface area contributed by atoms with Crippen LogP contribution in [0.1, 0.15) is 19.3 Å². The van der Waals surface area contributed by atoms with Gasteiger partial charge in [0.25, 0.3) is 0 Å². The van der Waals surface area contributed by atoms with E-state index in [1.54, 1.807) is 56.2 Å². The van der Waals surface area contributed by atoms with E-state index in [4.69, 9.17) is 0 Å². The molecule has 3 saturated heterocycles. The SMILES string of the molecule is C1C[PH+]2CCC[PH+](C1)CCC2. The van der Waals surface area contributed by atoms with Crippen molar-refractivity contribution in [3.05, 3.63) is 0 Å². The van der Waals surface area contributed by atoms with Crippen molar-refractivity contribution < 1.29 is 0 Å². The molecule has 0 aromatic heterocycles. The van der Waals surface area contributed by atoms with Crippen LogP contribution in [-0.4, -0.2) is 37.0 Å². The molecule has 64 valence electrons. The van der Waals surface area contributed by atoms with Crippen LogP contribution in [0.5, 0.6) is 0 Å². The van der Waals surface area contributed by atoms with Gasteiger partial charge in [-0.1, -0.05) is 0 Å². The second-order valence-corrected chi connectivity index (χ2v) is 10.1. The van der Waals surface area contributed by atoms with Crippen LogP contribution >= 0.6 is 15.8 Å². The van der Waals surface area contributed by atoms with Gasteiger partial charge in [-0.2, -0.15) is 0 Å². The minimum Gasteiger partial charge on any atom is 0.00114 e. The van der Waals surface area contributed by atoms with E-state index < -0.39 is 0 Å². The number of hydrogen-bond donors (Lipinski definition) is 0. The van der Waals surface area contributed by atoms with Crippen molar-refractivity contribution in [2.75, 3.05) is 37.0 Å². The Morgan fingerprint density at radius 1 is 0.455 bits per heavy atom. The summed E-state index contributed by atoms with van der Waals surface area (Å²) in [6.07, 6.45) is 15.0. The lowest BCUT2D eigenvalue weighted by atomic mass is 10.5. The zero-order valence-electron chi connectivity index (χ0n) is 7.36. The van der Waals surface area contributed by atoms with Crippen molar-refractivity contribution in [3.63, 3.8) is 0 Å². The summed E-state index contributed by atoms with van der Waals surface area (Å²) in [6.45, 7) is 0. The summed E-state index contributed by atoms with van der Waals surface area (Å²) in [5.74, 6) is 0. The maximum absolute atomic E-state index is 1.68. The highest BCUT2D eigenvalue weighted by molar-refractivity contribution is 7.60. The number of rotatable bonds is 0. The van der Waals surface area contributed by atoms with Gasteiger partial charge in [-0.25, -0.2) is 0 Å². The molecule has 0 N–H and O–H groups in total. The molecule has 3 rings (SSSR count). The van der Waals surface area contributed by atoms with E-state index in [2.05, 4.69) is 0 Å². The maximum Gasteiger partial charge on any atom is 0.0606 e. The van der Waals surface area contributed by atoms with Crippen LogP contribution in [-0.2, 0) is 0 Å². The van der Waals surface area contributed by atoms with Crippen molar-refractivity contribution in [1.82, 2.24) is 0 Å². The minimum atomic E-state index is 0.196. The largest absolute Gasteiger partial charge is 0.0606 e.